The zero-order valence-electron chi connectivity index (χ0n) is 27.2. The van der Waals surface area contributed by atoms with Gasteiger partial charge in [-0.2, -0.15) is 0 Å². The van der Waals surface area contributed by atoms with Crippen LogP contribution < -0.4 is 5.43 Å². The standard InChI is InChI=1S/C33H50N4O7S/c1-5-19-36(34-31(40)26(20-24-9-7-6-8-10-24)23-45(43,44)33(2,3)4)30(39)18-15-28-22-35(21-25-11-16-29(38)17-12-25)32(41)37(28,42)27-13-14-27/h6-10,22,25-27,32,41-42H,5,11-21,23H2,1-4H3/p+1/t26?,32-,37+/m1/s1. The van der Waals surface area contributed by atoms with Gasteiger partial charge in [-0.05, 0) is 57.9 Å². The van der Waals surface area contributed by atoms with E-state index in [1.54, 1.807) is 31.9 Å². The van der Waals surface area contributed by atoms with Crippen LogP contribution in [0.15, 0.2) is 42.2 Å². The molecule has 1 heterocycles. The molecule has 0 radical (unpaired) electrons. The Morgan fingerprint density at radius 3 is 2.33 bits per heavy atom. The number of carbonyl (C=O) groups is 3. The molecule has 2 amide bonds. The van der Waals surface area contributed by atoms with E-state index in [4.69, 9.17) is 0 Å². The maximum Gasteiger partial charge on any atom is 0.309 e. The average Bonchev–Trinajstić information content (AvgIpc) is 3.81. The molecule has 2 aliphatic carbocycles. The Hall–Kier alpha value is -2.80. The van der Waals surface area contributed by atoms with Gasteiger partial charge in [-0.25, -0.2) is 13.6 Å². The van der Waals surface area contributed by atoms with Gasteiger partial charge in [0.15, 0.2) is 15.5 Å². The van der Waals surface area contributed by atoms with E-state index in [-0.39, 0.29) is 55.2 Å². The molecule has 0 aromatic heterocycles. The lowest BCUT2D eigenvalue weighted by Gasteiger charge is -2.35. The van der Waals surface area contributed by atoms with Crippen molar-refractivity contribution >= 4 is 27.4 Å². The third-order valence-corrected chi connectivity index (χ3v) is 12.0. The number of hydrogen-bond donors (Lipinski definition) is 3. The Balaban J connectivity index is 1.45. The number of sulfone groups is 1. The van der Waals surface area contributed by atoms with Crippen molar-refractivity contribution in [2.75, 3.05) is 18.8 Å². The van der Waals surface area contributed by atoms with Gasteiger partial charge in [-0.15, -0.1) is 4.65 Å². The largest absolute Gasteiger partial charge is 0.324 e. The maximum atomic E-state index is 13.6. The van der Waals surface area contributed by atoms with E-state index < -0.39 is 37.4 Å². The molecule has 12 heteroatoms. The van der Waals surface area contributed by atoms with Gasteiger partial charge in [0, 0.05) is 51.6 Å². The van der Waals surface area contributed by atoms with E-state index >= 15 is 0 Å². The predicted molar refractivity (Wildman–Crippen MR) is 169 cm³/mol. The molecule has 45 heavy (non-hydrogen) atoms. The van der Waals surface area contributed by atoms with Crippen LogP contribution in [0.4, 0.5) is 0 Å². The molecular weight excluding hydrogens is 596 g/mol. The zero-order valence-corrected chi connectivity index (χ0v) is 28.0. The maximum absolute atomic E-state index is 13.6. The summed E-state index contributed by atoms with van der Waals surface area (Å²) in [4.78, 5) is 40.6. The number of allylic oxidation sites excluding steroid dienone is 1. The fourth-order valence-electron chi connectivity index (χ4n) is 6.19. The lowest BCUT2D eigenvalue weighted by atomic mass is 9.88. The summed E-state index contributed by atoms with van der Waals surface area (Å²) in [6.45, 7) is 7.48. The van der Waals surface area contributed by atoms with Crippen LogP contribution in [0.25, 0.3) is 0 Å². The highest BCUT2D eigenvalue weighted by molar-refractivity contribution is 7.92. The van der Waals surface area contributed by atoms with Crippen molar-refractivity contribution < 1.29 is 37.8 Å². The number of quaternary nitrogens is 1. The molecule has 1 aromatic rings. The summed E-state index contributed by atoms with van der Waals surface area (Å²) in [5, 5.41) is 24.1. The highest BCUT2D eigenvalue weighted by Crippen LogP contribution is 2.44. The number of nitrogens with zero attached hydrogens (tertiary/aromatic N) is 3. The molecule has 0 bridgehead atoms. The van der Waals surface area contributed by atoms with Crippen molar-refractivity contribution in [3.05, 3.63) is 47.8 Å². The summed E-state index contributed by atoms with van der Waals surface area (Å²) in [5.41, 5.74) is 4.09. The van der Waals surface area contributed by atoms with Crippen LogP contribution in [-0.4, -0.2) is 86.9 Å². The number of amides is 2. The number of nitrogens with one attached hydrogen (secondary N) is 1. The molecule has 3 aliphatic rings. The van der Waals surface area contributed by atoms with Gasteiger partial charge >= 0.3 is 6.35 Å². The van der Waals surface area contributed by atoms with Crippen LogP contribution in [0.2, 0.25) is 0 Å². The fraction of sp³-hybridized carbons (Fsp3) is 0.667. The first-order chi connectivity index (χ1) is 21.2. The molecular formula is C33H51N4O7S+. The fourth-order valence-corrected chi connectivity index (χ4v) is 7.49. The van der Waals surface area contributed by atoms with Crippen LogP contribution in [-0.2, 0) is 30.6 Å². The SMILES string of the molecule is CCCN(NC(=O)C(Cc1ccccc1)CS(=O)(=O)C(C)(C)C)C(=O)CCC1=CN(CC2CCC(=O)CC2)[C@@H](O)[N@+]1(O)C1CC1. The Bertz CT molecular complexity index is 1350. The number of ketones is 1. The van der Waals surface area contributed by atoms with Crippen LogP contribution in [0, 0.1) is 11.8 Å². The molecule has 1 aliphatic heterocycles. The number of carbonyl (C=O) groups excluding carboxylic acids is 3. The van der Waals surface area contributed by atoms with E-state index in [1.165, 1.54) is 5.01 Å². The molecule has 1 aromatic carbocycles. The van der Waals surface area contributed by atoms with Gasteiger partial charge in [0.1, 0.15) is 11.8 Å². The van der Waals surface area contributed by atoms with Crippen molar-refractivity contribution in [3.8, 4) is 0 Å². The van der Waals surface area contributed by atoms with Crippen molar-refractivity contribution in [1.82, 2.24) is 15.3 Å². The first-order valence-electron chi connectivity index (χ1n) is 16.3. The molecule has 250 valence electrons. The van der Waals surface area contributed by atoms with Crippen molar-refractivity contribution in [2.24, 2.45) is 11.8 Å². The van der Waals surface area contributed by atoms with Crippen LogP contribution >= 0.6 is 0 Å². The van der Waals surface area contributed by atoms with Crippen molar-refractivity contribution in [2.45, 2.75) is 109 Å². The monoisotopic (exact) mass is 647 g/mol. The summed E-state index contributed by atoms with van der Waals surface area (Å²) in [5.74, 6) is -1.65. The number of hydrogen-bond acceptors (Lipinski definition) is 8. The minimum Gasteiger partial charge on any atom is -0.324 e. The van der Waals surface area contributed by atoms with Gasteiger partial charge < -0.3 is 5.11 Å². The minimum atomic E-state index is -3.64. The van der Waals surface area contributed by atoms with Gasteiger partial charge in [-0.1, -0.05) is 37.3 Å². The smallest absolute Gasteiger partial charge is 0.309 e. The van der Waals surface area contributed by atoms with Crippen LogP contribution in [0.1, 0.15) is 91.0 Å². The summed E-state index contributed by atoms with van der Waals surface area (Å²) in [6.07, 6.45) is 5.66. The lowest BCUT2D eigenvalue weighted by Crippen LogP contribution is -2.56. The van der Waals surface area contributed by atoms with E-state index in [9.17, 15) is 33.1 Å². The lowest BCUT2D eigenvalue weighted by molar-refractivity contribution is -1.12. The quantitative estimate of drug-likeness (QED) is 0.217. The molecule has 2 fully saturated rings. The Morgan fingerprint density at radius 1 is 1.11 bits per heavy atom. The first kappa shape index (κ1) is 35.1. The summed E-state index contributed by atoms with van der Waals surface area (Å²) in [6, 6.07) is 9.07. The van der Waals surface area contributed by atoms with Crippen molar-refractivity contribution in [3.63, 3.8) is 0 Å². The molecule has 2 saturated carbocycles. The predicted octanol–water partition coefficient (Wildman–Crippen LogP) is 3.67. The Kier molecular flexibility index (Phi) is 11.2. The van der Waals surface area contributed by atoms with Crippen LogP contribution in [0.3, 0.4) is 0 Å². The highest BCUT2D eigenvalue weighted by atomic mass is 32.2. The Morgan fingerprint density at radius 2 is 1.76 bits per heavy atom. The number of hydroxylamine groups is 3. The van der Waals surface area contributed by atoms with Gasteiger partial charge in [-0.3, -0.25) is 29.7 Å². The van der Waals surface area contributed by atoms with Crippen LogP contribution in [0.5, 0.6) is 0 Å². The number of aliphatic hydroxyl groups excluding tert-OH is 1. The molecule has 0 saturated heterocycles. The molecule has 4 rings (SSSR count). The van der Waals surface area contributed by atoms with Crippen molar-refractivity contribution in [1.29, 1.82) is 0 Å². The minimum absolute atomic E-state index is 0.0124. The second-order valence-corrected chi connectivity index (χ2v) is 16.7. The number of hydrazine groups is 1. The summed E-state index contributed by atoms with van der Waals surface area (Å²) < 4.78 is 24.6. The molecule has 3 N–H and O–H groups in total. The van der Waals surface area contributed by atoms with E-state index in [2.05, 4.69) is 5.43 Å². The molecule has 0 spiro atoms. The van der Waals surface area contributed by atoms with E-state index in [1.807, 2.05) is 37.3 Å². The normalized spacial score (nSPS) is 23.5. The second kappa shape index (κ2) is 14.3. The van der Waals surface area contributed by atoms with Gasteiger partial charge in [0.25, 0.3) is 0 Å². The number of rotatable bonds is 13. The van der Waals surface area contributed by atoms with E-state index in [0.29, 0.717) is 31.5 Å². The first-order valence-corrected chi connectivity index (χ1v) is 18.0. The Labute approximate surface area is 267 Å². The number of aliphatic hydroxyl groups is 1. The number of Topliss-reactive ketones (excluding diaryl/α,β-unsaturated/α-hetero) is 1. The number of benzene rings is 1. The summed E-state index contributed by atoms with van der Waals surface area (Å²) in [7, 11) is -3.64. The molecule has 3 atom stereocenters. The third kappa shape index (κ3) is 8.52. The summed E-state index contributed by atoms with van der Waals surface area (Å²) >= 11 is 0. The van der Waals surface area contributed by atoms with Gasteiger partial charge in [0.2, 0.25) is 11.8 Å². The average molecular weight is 648 g/mol. The zero-order chi connectivity index (χ0) is 33.0. The van der Waals surface area contributed by atoms with E-state index in [0.717, 1.165) is 31.2 Å². The molecule has 11 nitrogen and oxygen atoms in total. The molecule has 1 unspecified atom stereocenters. The topological polar surface area (TPSA) is 144 Å². The highest BCUT2D eigenvalue weighted by Gasteiger charge is 2.58. The van der Waals surface area contributed by atoms with Gasteiger partial charge in [0.05, 0.1) is 22.6 Å². The second-order valence-electron chi connectivity index (χ2n) is 13.9. The third-order valence-electron chi connectivity index (χ3n) is 9.30.